The lowest BCUT2D eigenvalue weighted by atomic mass is 10.0. The molecule has 0 saturated heterocycles. The SMILES string of the molecule is Cc1cc(NC(=O)COC(=O)c2cc(C(F)(F)F)cc(C(F)(F)F)c2)n(C)n1. The molecule has 1 N–H and O–H groups in total. The molecule has 0 aliphatic heterocycles. The summed E-state index contributed by atoms with van der Waals surface area (Å²) < 4.78 is 82.7. The van der Waals surface area contributed by atoms with Crippen molar-refractivity contribution in [1.29, 1.82) is 0 Å². The van der Waals surface area contributed by atoms with Gasteiger partial charge in [0.1, 0.15) is 5.82 Å². The minimum Gasteiger partial charge on any atom is -0.452 e. The van der Waals surface area contributed by atoms with Crippen molar-refractivity contribution in [3.8, 4) is 0 Å². The summed E-state index contributed by atoms with van der Waals surface area (Å²) in [6.45, 7) is 0.738. The predicted octanol–water partition coefficient (Wildman–Crippen LogP) is 3.56. The molecule has 1 amide bonds. The Bertz CT molecular complexity index is 870. The minimum atomic E-state index is -5.11. The highest BCUT2D eigenvalue weighted by atomic mass is 19.4. The zero-order valence-electron chi connectivity index (χ0n) is 14.4. The number of carbonyl (C=O) groups is 2. The molecule has 1 heterocycles. The third-order valence-electron chi connectivity index (χ3n) is 3.43. The van der Waals surface area contributed by atoms with E-state index in [2.05, 4.69) is 15.2 Å². The van der Waals surface area contributed by atoms with E-state index in [1.807, 2.05) is 0 Å². The van der Waals surface area contributed by atoms with E-state index in [9.17, 15) is 35.9 Å². The van der Waals surface area contributed by atoms with Crippen LogP contribution in [0, 0.1) is 6.92 Å². The van der Waals surface area contributed by atoms with Crippen LogP contribution < -0.4 is 5.32 Å². The molecular formula is C16H13F6N3O3. The highest BCUT2D eigenvalue weighted by molar-refractivity contribution is 5.95. The molecule has 152 valence electrons. The number of carbonyl (C=O) groups excluding carboxylic acids is 2. The third-order valence-corrected chi connectivity index (χ3v) is 3.43. The summed E-state index contributed by atoms with van der Waals surface area (Å²) in [4.78, 5) is 23.6. The fraction of sp³-hybridized carbons (Fsp3) is 0.312. The van der Waals surface area contributed by atoms with Crippen molar-refractivity contribution in [3.05, 3.63) is 46.6 Å². The first kappa shape index (κ1) is 21.3. The standard InChI is InChI=1S/C16H13F6N3O3/c1-8-3-12(25(2)24-8)23-13(26)7-28-14(27)9-4-10(15(17,18)19)6-11(5-9)16(20,21)22/h3-6H,7H2,1-2H3,(H,23,26). The fourth-order valence-electron chi connectivity index (χ4n) is 2.19. The quantitative estimate of drug-likeness (QED) is 0.619. The third kappa shape index (κ3) is 5.24. The number of esters is 1. The van der Waals surface area contributed by atoms with Gasteiger partial charge in [0.2, 0.25) is 0 Å². The van der Waals surface area contributed by atoms with Gasteiger partial charge in [-0.2, -0.15) is 31.4 Å². The van der Waals surface area contributed by atoms with Gasteiger partial charge in [0.05, 0.1) is 22.4 Å². The van der Waals surface area contributed by atoms with Crippen LogP contribution in [0.5, 0.6) is 0 Å². The molecule has 2 rings (SSSR count). The van der Waals surface area contributed by atoms with E-state index in [1.54, 1.807) is 6.92 Å². The summed E-state index contributed by atoms with van der Waals surface area (Å²) in [5.41, 5.74) is -3.72. The first-order valence-electron chi connectivity index (χ1n) is 7.54. The average Bonchev–Trinajstić information content (AvgIpc) is 2.87. The summed E-state index contributed by atoms with van der Waals surface area (Å²) in [6, 6.07) is 1.83. The van der Waals surface area contributed by atoms with E-state index in [0.29, 0.717) is 5.69 Å². The number of amides is 1. The summed E-state index contributed by atoms with van der Waals surface area (Å²) in [6.07, 6.45) is -10.2. The Balaban J connectivity index is 2.15. The number of aryl methyl sites for hydroxylation is 2. The number of benzene rings is 1. The van der Waals surface area contributed by atoms with Gasteiger partial charge < -0.3 is 10.1 Å². The number of aromatic nitrogens is 2. The van der Waals surface area contributed by atoms with Gasteiger partial charge in [-0.3, -0.25) is 9.48 Å². The lowest BCUT2D eigenvalue weighted by Crippen LogP contribution is -2.22. The molecule has 0 aliphatic carbocycles. The Hall–Kier alpha value is -3.05. The van der Waals surface area contributed by atoms with Crippen molar-refractivity contribution in [2.75, 3.05) is 11.9 Å². The first-order chi connectivity index (χ1) is 12.8. The van der Waals surface area contributed by atoms with E-state index < -0.39 is 47.5 Å². The van der Waals surface area contributed by atoms with Gasteiger partial charge in [-0.1, -0.05) is 0 Å². The highest BCUT2D eigenvalue weighted by Gasteiger charge is 2.37. The van der Waals surface area contributed by atoms with Gasteiger partial charge in [0, 0.05) is 13.1 Å². The van der Waals surface area contributed by atoms with E-state index in [0.717, 1.165) is 0 Å². The maximum absolute atomic E-state index is 12.8. The van der Waals surface area contributed by atoms with Gasteiger partial charge >= 0.3 is 18.3 Å². The molecule has 0 radical (unpaired) electrons. The summed E-state index contributed by atoms with van der Waals surface area (Å²) in [7, 11) is 1.52. The van der Waals surface area contributed by atoms with Gasteiger partial charge in [0.25, 0.3) is 5.91 Å². The molecule has 0 unspecified atom stereocenters. The zero-order chi connectivity index (χ0) is 21.3. The Morgan fingerprint density at radius 2 is 1.57 bits per heavy atom. The van der Waals surface area contributed by atoms with E-state index in [4.69, 9.17) is 0 Å². The Kier molecular flexibility index (Phi) is 5.71. The average molecular weight is 409 g/mol. The Morgan fingerprint density at radius 1 is 1.04 bits per heavy atom. The number of nitrogens with zero attached hydrogens (tertiary/aromatic N) is 2. The molecule has 1 aromatic heterocycles. The van der Waals surface area contributed by atoms with Crippen molar-refractivity contribution < 1.29 is 40.7 Å². The van der Waals surface area contributed by atoms with Crippen LogP contribution in [-0.2, 0) is 28.9 Å². The van der Waals surface area contributed by atoms with Crippen molar-refractivity contribution in [2.45, 2.75) is 19.3 Å². The summed E-state index contributed by atoms with van der Waals surface area (Å²) >= 11 is 0. The van der Waals surface area contributed by atoms with E-state index >= 15 is 0 Å². The number of anilines is 1. The number of nitrogens with one attached hydrogen (secondary N) is 1. The maximum Gasteiger partial charge on any atom is 0.416 e. The molecule has 0 spiro atoms. The second-order valence-corrected chi connectivity index (χ2v) is 5.71. The van der Waals surface area contributed by atoms with Crippen molar-refractivity contribution >= 4 is 17.7 Å². The van der Waals surface area contributed by atoms with E-state index in [1.165, 1.54) is 17.8 Å². The maximum atomic E-state index is 12.8. The van der Waals surface area contributed by atoms with Crippen molar-refractivity contribution in [3.63, 3.8) is 0 Å². The first-order valence-corrected chi connectivity index (χ1v) is 7.54. The number of rotatable bonds is 4. The van der Waals surface area contributed by atoms with E-state index in [-0.39, 0.29) is 24.0 Å². The number of hydrogen-bond donors (Lipinski definition) is 1. The lowest BCUT2D eigenvalue weighted by molar-refractivity contribution is -0.143. The Labute approximate surface area is 154 Å². The van der Waals surface area contributed by atoms with Crippen molar-refractivity contribution in [2.24, 2.45) is 7.05 Å². The Morgan fingerprint density at radius 3 is 2.00 bits per heavy atom. The summed E-state index contributed by atoms with van der Waals surface area (Å²) in [5.74, 6) is -2.09. The van der Waals surface area contributed by atoms with Crippen LogP contribution in [0.3, 0.4) is 0 Å². The number of halogens is 6. The molecule has 0 atom stereocenters. The molecule has 1 aromatic carbocycles. The van der Waals surface area contributed by atoms with Crippen LogP contribution in [0.4, 0.5) is 32.2 Å². The fourth-order valence-corrected chi connectivity index (χ4v) is 2.19. The van der Waals surface area contributed by atoms with Crippen LogP contribution in [-0.4, -0.2) is 28.3 Å². The van der Waals surface area contributed by atoms with Gasteiger partial charge in [0.15, 0.2) is 6.61 Å². The monoisotopic (exact) mass is 409 g/mol. The molecule has 0 bridgehead atoms. The molecule has 28 heavy (non-hydrogen) atoms. The number of ether oxygens (including phenoxy) is 1. The molecule has 12 heteroatoms. The summed E-state index contributed by atoms with van der Waals surface area (Å²) in [5, 5.41) is 6.29. The van der Waals surface area contributed by atoms with Crippen LogP contribution in [0.2, 0.25) is 0 Å². The second kappa shape index (κ2) is 7.52. The lowest BCUT2D eigenvalue weighted by Gasteiger charge is -2.14. The largest absolute Gasteiger partial charge is 0.452 e. The van der Waals surface area contributed by atoms with Crippen LogP contribution in [0.15, 0.2) is 24.3 Å². The molecule has 6 nitrogen and oxygen atoms in total. The van der Waals surface area contributed by atoms with Crippen LogP contribution in [0.25, 0.3) is 0 Å². The zero-order valence-corrected chi connectivity index (χ0v) is 14.4. The van der Waals surface area contributed by atoms with Gasteiger partial charge in [-0.25, -0.2) is 4.79 Å². The minimum absolute atomic E-state index is 0.117. The molecule has 2 aromatic rings. The normalized spacial score (nSPS) is 12.0. The topological polar surface area (TPSA) is 73.2 Å². The number of alkyl halides is 6. The molecule has 0 saturated carbocycles. The molecule has 0 aliphatic rings. The van der Waals surface area contributed by atoms with Gasteiger partial charge in [-0.15, -0.1) is 0 Å². The predicted molar refractivity (Wildman–Crippen MR) is 83.3 cm³/mol. The molecular weight excluding hydrogens is 396 g/mol. The van der Waals surface area contributed by atoms with Crippen molar-refractivity contribution in [1.82, 2.24) is 9.78 Å². The smallest absolute Gasteiger partial charge is 0.416 e. The highest BCUT2D eigenvalue weighted by Crippen LogP contribution is 2.36. The second-order valence-electron chi connectivity index (χ2n) is 5.71. The van der Waals surface area contributed by atoms with Crippen LogP contribution in [0.1, 0.15) is 27.2 Å². The molecule has 0 fully saturated rings. The number of hydrogen-bond acceptors (Lipinski definition) is 4. The van der Waals surface area contributed by atoms with Crippen LogP contribution >= 0.6 is 0 Å². The van der Waals surface area contributed by atoms with Gasteiger partial charge in [-0.05, 0) is 25.1 Å².